The van der Waals surface area contributed by atoms with Crippen molar-refractivity contribution in [1.82, 2.24) is 9.62 Å². The van der Waals surface area contributed by atoms with E-state index < -0.39 is 10.0 Å². The number of nitrogens with zero attached hydrogens (tertiary/aromatic N) is 1. The fourth-order valence-corrected chi connectivity index (χ4v) is 3.31. The highest BCUT2D eigenvalue weighted by Gasteiger charge is 2.19. The number of nitrogens with one attached hydrogen (secondary N) is 1. The average Bonchev–Trinajstić information content (AvgIpc) is 2.27. The molecule has 3 N–H and O–H groups in total. The van der Waals surface area contributed by atoms with Crippen LogP contribution in [0.25, 0.3) is 0 Å². The standard InChI is InChI=1S/C11H17Cl2N3O2S/c1-16(2)4-3-15-19(17,18)11-5-8(7-14)9(12)6-10(11)13/h5-6,15H,3-4,7,14H2,1-2H3. The van der Waals surface area contributed by atoms with Crippen LogP contribution in [0.2, 0.25) is 10.0 Å². The Morgan fingerprint density at radius 2 is 1.89 bits per heavy atom. The van der Waals surface area contributed by atoms with Gasteiger partial charge < -0.3 is 10.6 Å². The summed E-state index contributed by atoms with van der Waals surface area (Å²) in [7, 11) is 0.0557. The summed E-state index contributed by atoms with van der Waals surface area (Å²) in [5.74, 6) is 0. The fraction of sp³-hybridized carbons (Fsp3) is 0.455. The van der Waals surface area contributed by atoms with Crippen LogP contribution in [0.15, 0.2) is 17.0 Å². The van der Waals surface area contributed by atoms with Crippen LogP contribution < -0.4 is 10.5 Å². The van der Waals surface area contributed by atoms with Gasteiger partial charge in [-0.15, -0.1) is 0 Å². The van der Waals surface area contributed by atoms with Crippen molar-refractivity contribution >= 4 is 33.2 Å². The molecule has 0 bridgehead atoms. The lowest BCUT2D eigenvalue weighted by Crippen LogP contribution is -2.31. The van der Waals surface area contributed by atoms with Crippen molar-refractivity contribution in [3.8, 4) is 0 Å². The quantitative estimate of drug-likeness (QED) is 0.826. The number of halogens is 2. The molecule has 0 aliphatic heterocycles. The normalized spacial score (nSPS) is 12.1. The monoisotopic (exact) mass is 325 g/mol. The van der Waals surface area contributed by atoms with E-state index in [0.29, 0.717) is 23.7 Å². The van der Waals surface area contributed by atoms with Gasteiger partial charge in [0.25, 0.3) is 0 Å². The van der Waals surface area contributed by atoms with Crippen molar-refractivity contribution in [2.24, 2.45) is 5.73 Å². The van der Waals surface area contributed by atoms with E-state index in [1.54, 1.807) is 0 Å². The van der Waals surface area contributed by atoms with Gasteiger partial charge in [0.2, 0.25) is 10.0 Å². The molecule has 0 radical (unpaired) electrons. The van der Waals surface area contributed by atoms with E-state index in [9.17, 15) is 8.42 Å². The second kappa shape index (κ2) is 6.88. The predicted octanol–water partition coefficient (Wildman–Crippen LogP) is 1.29. The van der Waals surface area contributed by atoms with Crippen molar-refractivity contribution < 1.29 is 8.42 Å². The molecule has 0 heterocycles. The SMILES string of the molecule is CN(C)CCNS(=O)(=O)c1cc(CN)c(Cl)cc1Cl. The van der Waals surface area contributed by atoms with Gasteiger partial charge in [0.1, 0.15) is 4.90 Å². The number of hydrogen-bond donors (Lipinski definition) is 2. The first-order valence-corrected chi connectivity index (χ1v) is 7.84. The second-order valence-electron chi connectivity index (χ2n) is 4.28. The Kier molecular flexibility index (Phi) is 6.04. The molecule has 0 aliphatic rings. The number of benzene rings is 1. The third-order valence-electron chi connectivity index (χ3n) is 2.46. The third kappa shape index (κ3) is 4.59. The van der Waals surface area contributed by atoms with Crippen molar-refractivity contribution in [3.05, 3.63) is 27.7 Å². The van der Waals surface area contributed by atoms with E-state index in [4.69, 9.17) is 28.9 Å². The summed E-state index contributed by atoms with van der Waals surface area (Å²) in [4.78, 5) is 1.87. The highest BCUT2D eigenvalue weighted by molar-refractivity contribution is 7.89. The molecule has 0 unspecified atom stereocenters. The van der Waals surface area contributed by atoms with Gasteiger partial charge in [-0.25, -0.2) is 13.1 Å². The van der Waals surface area contributed by atoms with Crippen LogP contribution in [-0.4, -0.2) is 40.5 Å². The summed E-state index contributed by atoms with van der Waals surface area (Å²) in [6.45, 7) is 1.04. The van der Waals surface area contributed by atoms with E-state index in [-0.39, 0.29) is 16.5 Å². The summed E-state index contributed by atoms with van der Waals surface area (Å²) >= 11 is 11.8. The molecule has 5 nitrogen and oxygen atoms in total. The molecular formula is C11H17Cl2N3O2S. The molecule has 0 saturated carbocycles. The van der Waals surface area contributed by atoms with Crippen molar-refractivity contribution in [1.29, 1.82) is 0 Å². The summed E-state index contributed by atoms with van der Waals surface area (Å²) in [5.41, 5.74) is 6.04. The van der Waals surface area contributed by atoms with E-state index >= 15 is 0 Å². The van der Waals surface area contributed by atoms with Crippen LogP contribution in [0.3, 0.4) is 0 Å². The first kappa shape index (κ1) is 16.7. The van der Waals surface area contributed by atoms with E-state index in [2.05, 4.69) is 4.72 Å². The van der Waals surface area contributed by atoms with E-state index in [1.807, 2.05) is 19.0 Å². The number of rotatable bonds is 6. The van der Waals surface area contributed by atoms with Gasteiger partial charge in [0, 0.05) is 24.7 Å². The van der Waals surface area contributed by atoms with Crippen LogP contribution in [0.1, 0.15) is 5.56 Å². The maximum atomic E-state index is 12.1. The smallest absolute Gasteiger partial charge is 0.242 e. The molecule has 1 aromatic rings. The van der Waals surface area contributed by atoms with Gasteiger partial charge >= 0.3 is 0 Å². The maximum absolute atomic E-state index is 12.1. The molecule has 0 amide bonds. The minimum atomic E-state index is -3.66. The molecule has 0 spiro atoms. The molecule has 108 valence electrons. The molecule has 1 aromatic carbocycles. The molecule has 0 saturated heterocycles. The van der Waals surface area contributed by atoms with Gasteiger partial charge in [-0.1, -0.05) is 23.2 Å². The highest BCUT2D eigenvalue weighted by atomic mass is 35.5. The summed E-state index contributed by atoms with van der Waals surface area (Å²) in [6, 6.07) is 2.80. The van der Waals surface area contributed by atoms with Crippen LogP contribution >= 0.6 is 23.2 Å². The minimum absolute atomic E-state index is 0.00206. The van der Waals surface area contributed by atoms with Crippen molar-refractivity contribution in [2.45, 2.75) is 11.4 Å². The molecule has 0 fully saturated rings. The Bertz CT molecular complexity index is 547. The van der Waals surface area contributed by atoms with Crippen molar-refractivity contribution in [2.75, 3.05) is 27.2 Å². The zero-order valence-electron chi connectivity index (χ0n) is 10.8. The van der Waals surface area contributed by atoms with Crippen LogP contribution in [0.5, 0.6) is 0 Å². The fourth-order valence-electron chi connectivity index (χ4n) is 1.41. The predicted molar refractivity (Wildman–Crippen MR) is 78.1 cm³/mol. The maximum Gasteiger partial charge on any atom is 0.242 e. The average molecular weight is 326 g/mol. The van der Waals surface area contributed by atoms with E-state index in [1.165, 1.54) is 12.1 Å². The van der Waals surface area contributed by atoms with Gasteiger partial charge in [-0.05, 0) is 31.8 Å². The number of sulfonamides is 1. The summed E-state index contributed by atoms with van der Waals surface area (Å²) in [6.07, 6.45) is 0. The Labute approximate surface area is 123 Å². The molecule has 8 heteroatoms. The van der Waals surface area contributed by atoms with E-state index in [0.717, 1.165) is 0 Å². The van der Waals surface area contributed by atoms with Gasteiger partial charge in [0.15, 0.2) is 0 Å². The second-order valence-corrected chi connectivity index (χ2v) is 6.83. The highest BCUT2D eigenvalue weighted by Crippen LogP contribution is 2.28. The molecule has 0 atom stereocenters. The molecule has 0 aromatic heterocycles. The molecule has 0 aliphatic carbocycles. The Morgan fingerprint density at radius 3 is 2.42 bits per heavy atom. The zero-order valence-corrected chi connectivity index (χ0v) is 13.1. The molecule has 1 rings (SSSR count). The van der Waals surface area contributed by atoms with Gasteiger partial charge in [-0.2, -0.15) is 0 Å². The lowest BCUT2D eigenvalue weighted by Gasteiger charge is -2.13. The third-order valence-corrected chi connectivity index (χ3v) is 4.74. The Balaban J connectivity index is 3.01. The van der Waals surface area contributed by atoms with Crippen LogP contribution in [0.4, 0.5) is 0 Å². The molecule has 19 heavy (non-hydrogen) atoms. The van der Waals surface area contributed by atoms with Crippen LogP contribution in [-0.2, 0) is 16.6 Å². The first-order chi connectivity index (χ1) is 8.77. The lowest BCUT2D eigenvalue weighted by molar-refractivity contribution is 0.412. The van der Waals surface area contributed by atoms with Crippen LogP contribution in [0, 0.1) is 0 Å². The largest absolute Gasteiger partial charge is 0.326 e. The minimum Gasteiger partial charge on any atom is -0.326 e. The number of likely N-dealkylation sites (N-methyl/N-ethyl adjacent to an activating group) is 1. The summed E-state index contributed by atoms with van der Waals surface area (Å²) < 4.78 is 26.7. The topological polar surface area (TPSA) is 75.4 Å². The number of hydrogen-bond acceptors (Lipinski definition) is 4. The first-order valence-electron chi connectivity index (χ1n) is 5.60. The zero-order chi connectivity index (χ0) is 14.6. The van der Waals surface area contributed by atoms with Crippen molar-refractivity contribution in [3.63, 3.8) is 0 Å². The Morgan fingerprint density at radius 1 is 1.26 bits per heavy atom. The molecular weight excluding hydrogens is 309 g/mol. The number of nitrogens with two attached hydrogens (primary N) is 1. The lowest BCUT2D eigenvalue weighted by atomic mass is 10.2. The van der Waals surface area contributed by atoms with Gasteiger partial charge in [-0.3, -0.25) is 0 Å². The Hall–Kier alpha value is -0.370. The summed E-state index contributed by atoms with van der Waals surface area (Å²) in [5, 5.41) is 0.444. The van der Waals surface area contributed by atoms with Gasteiger partial charge in [0.05, 0.1) is 5.02 Å².